The number of rotatable bonds is 2. The van der Waals surface area contributed by atoms with Crippen LogP contribution >= 0.6 is 0 Å². The molecule has 0 spiro atoms. The summed E-state index contributed by atoms with van der Waals surface area (Å²) in [7, 11) is -7.66. The summed E-state index contributed by atoms with van der Waals surface area (Å²) in [5.41, 5.74) is 2.43. The Labute approximate surface area is 157 Å². The molecule has 0 aromatic heterocycles. The highest BCUT2D eigenvalue weighted by Gasteiger charge is 2.29. The maximum absolute atomic E-state index is 12.5. The topological polar surface area (TPSA) is 93.0 Å². The van der Waals surface area contributed by atoms with E-state index in [1.807, 2.05) is 6.92 Å². The van der Waals surface area contributed by atoms with Crippen molar-refractivity contribution in [3.63, 3.8) is 0 Å². The standard InChI is InChI=1S/C19H14N2O4S2/c1-13-6-9-15(10-7-13)26(22,23)20-14-8-11-18-17(12-14)16-4-2-3-5-19(16)27(24,25)21-18/h2-12H,1H3/b20-14-. The lowest BCUT2D eigenvalue weighted by Gasteiger charge is -2.19. The van der Waals surface area contributed by atoms with Crippen LogP contribution in [0.15, 0.2) is 85.3 Å². The maximum Gasteiger partial charge on any atom is 0.283 e. The van der Waals surface area contributed by atoms with Crippen molar-refractivity contribution in [3.05, 3.63) is 77.9 Å². The largest absolute Gasteiger partial charge is 0.283 e. The highest BCUT2D eigenvalue weighted by molar-refractivity contribution is 7.90. The van der Waals surface area contributed by atoms with Crippen LogP contribution in [0.2, 0.25) is 0 Å². The lowest BCUT2D eigenvalue weighted by molar-refractivity contribution is 0.596. The average molecular weight is 398 g/mol. The predicted octanol–water partition coefficient (Wildman–Crippen LogP) is 2.92. The van der Waals surface area contributed by atoms with Crippen LogP contribution in [-0.2, 0) is 20.0 Å². The second kappa shape index (κ2) is 6.11. The van der Waals surface area contributed by atoms with Crippen LogP contribution < -0.4 is 0 Å². The third-order valence-electron chi connectivity index (χ3n) is 4.20. The number of fused-ring (bicyclic) bond motifs is 3. The van der Waals surface area contributed by atoms with E-state index in [2.05, 4.69) is 8.80 Å². The van der Waals surface area contributed by atoms with Gasteiger partial charge in [0.15, 0.2) is 0 Å². The fraction of sp³-hybridized carbons (Fsp3) is 0.0526. The van der Waals surface area contributed by atoms with Crippen LogP contribution in [-0.4, -0.2) is 28.3 Å². The molecule has 4 rings (SSSR count). The van der Waals surface area contributed by atoms with Gasteiger partial charge in [-0.05, 0) is 43.4 Å². The first-order chi connectivity index (χ1) is 12.8. The van der Waals surface area contributed by atoms with Gasteiger partial charge in [-0.2, -0.15) is 25.6 Å². The molecule has 2 aromatic carbocycles. The van der Waals surface area contributed by atoms with Crippen molar-refractivity contribution in [1.82, 2.24) is 0 Å². The summed E-state index contributed by atoms with van der Waals surface area (Å²) in [6.45, 7) is 1.87. The molecule has 1 aliphatic heterocycles. The first kappa shape index (κ1) is 17.6. The van der Waals surface area contributed by atoms with Crippen molar-refractivity contribution in [2.24, 2.45) is 8.80 Å². The summed E-state index contributed by atoms with van der Waals surface area (Å²) in [6.07, 6.45) is 4.45. The van der Waals surface area contributed by atoms with E-state index in [0.717, 1.165) is 5.56 Å². The summed E-state index contributed by atoms with van der Waals surface area (Å²) >= 11 is 0. The Balaban J connectivity index is 1.82. The normalized spacial score (nSPS) is 19.1. The Hall–Kier alpha value is -2.84. The van der Waals surface area contributed by atoms with E-state index >= 15 is 0 Å². The lowest BCUT2D eigenvalue weighted by Crippen LogP contribution is -2.18. The third-order valence-corrected chi connectivity index (χ3v) is 6.87. The molecule has 1 heterocycles. The molecule has 0 N–H and O–H groups in total. The van der Waals surface area contributed by atoms with Crippen LogP contribution in [0.3, 0.4) is 0 Å². The molecule has 0 radical (unpaired) electrons. The van der Waals surface area contributed by atoms with E-state index in [-0.39, 0.29) is 21.2 Å². The summed E-state index contributed by atoms with van der Waals surface area (Å²) < 4.78 is 57.3. The molecule has 8 heteroatoms. The summed E-state index contributed by atoms with van der Waals surface area (Å²) in [4.78, 5) is 0.189. The highest BCUT2D eigenvalue weighted by Crippen LogP contribution is 2.33. The lowest BCUT2D eigenvalue weighted by atomic mass is 9.95. The number of nitrogens with zero attached hydrogens (tertiary/aromatic N) is 2. The Morgan fingerprint density at radius 2 is 1.67 bits per heavy atom. The fourth-order valence-electron chi connectivity index (χ4n) is 2.87. The number of benzene rings is 2. The van der Waals surface area contributed by atoms with Gasteiger partial charge in [0.1, 0.15) is 0 Å². The van der Waals surface area contributed by atoms with Gasteiger partial charge in [0.25, 0.3) is 20.0 Å². The van der Waals surface area contributed by atoms with Crippen molar-refractivity contribution in [2.75, 3.05) is 0 Å². The number of sulfonamides is 2. The minimum absolute atomic E-state index is 0.0936. The first-order valence-corrected chi connectivity index (χ1v) is 10.9. The number of allylic oxidation sites excluding steroid dienone is 4. The number of hydrogen-bond donors (Lipinski definition) is 0. The first-order valence-electron chi connectivity index (χ1n) is 8.02. The van der Waals surface area contributed by atoms with Crippen LogP contribution in [0, 0.1) is 6.92 Å². The molecule has 0 amide bonds. The molecule has 6 nitrogen and oxygen atoms in total. The molecular formula is C19H14N2O4S2. The van der Waals surface area contributed by atoms with E-state index in [1.54, 1.807) is 30.3 Å². The smallest absolute Gasteiger partial charge is 0.199 e. The molecule has 0 fully saturated rings. The Morgan fingerprint density at radius 3 is 2.41 bits per heavy atom. The molecule has 0 saturated carbocycles. The van der Waals surface area contributed by atoms with Crippen molar-refractivity contribution in [1.29, 1.82) is 0 Å². The molecule has 0 bridgehead atoms. The van der Waals surface area contributed by atoms with Gasteiger partial charge in [-0.25, -0.2) is 0 Å². The number of hydrogen-bond acceptors (Lipinski definition) is 4. The van der Waals surface area contributed by atoms with Crippen molar-refractivity contribution in [3.8, 4) is 0 Å². The zero-order valence-corrected chi connectivity index (χ0v) is 15.8. The van der Waals surface area contributed by atoms with E-state index in [4.69, 9.17) is 0 Å². The van der Waals surface area contributed by atoms with Gasteiger partial charge in [-0.3, -0.25) is 0 Å². The van der Waals surface area contributed by atoms with E-state index in [0.29, 0.717) is 11.1 Å². The highest BCUT2D eigenvalue weighted by atomic mass is 32.2. The van der Waals surface area contributed by atoms with E-state index in [1.165, 1.54) is 36.4 Å². The zero-order chi connectivity index (χ0) is 19.2. The molecule has 0 saturated heterocycles. The molecule has 2 aliphatic rings. The molecule has 0 unspecified atom stereocenters. The van der Waals surface area contributed by atoms with Crippen molar-refractivity contribution in [2.45, 2.75) is 16.7 Å². The quantitative estimate of drug-likeness (QED) is 0.727. The van der Waals surface area contributed by atoms with Crippen molar-refractivity contribution < 1.29 is 16.8 Å². The van der Waals surface area contributed by atoms with Gasteiger partial charge in [0.05, 0.1) is 21.2 Å². The summed E-state index contributed by atoms with van der Waals surface area (Å²) in [5, 5.41) is 0. The van der Waals surface area contributed by atoms with Crippen molar-refractivity contribution >= 4 is 37.0 Å². The molecular weight excluding hydrogens is 384 g/mol. The SMILES string of the molecule is Cc1ccc(S(=O)(=O)/N=C2/C=CC3=NS(=O)(=O)c4ccccc4C3=C2)cc1. The predicted molar refractivity (Wildman–Crippen MR) is 104 cm³/mol. The fourth-order valence-corrected chi connectivity index (χ4v) is 5.07. The molecule has 2 aromatic rings. The molecule has 136 valence electrons. The second-order valence-corrected chi connectivity index (χ2v) is 9.32. The molecule has 1 aliphatic carbocycles. The van der Waals surface area contributed by atoms with Gasteiger partial charge in [0.2, 0.25) is 0 Å². The minimum Gasteiger partial charge on any atom is -0.199 e. The van der Waals surface area contributed by atoms with Crippen LogP contribution in [0.5, 0.6) is 0 Å². The second-order valence-electron chi connectivity index (χ2n) is 6.14. The zero-order valence-electron chi connectivity index (χ0n) is 14.2. The minimum atomic E-state index is -3.88. The van der Waals surface area contributed by atoms with Crippen LogP contribution in [0.4, 0.5) is 0 Å². The Kier molecular flexibility index (Phi) is 3.97. The van der Waals surface area contributed by atoms with Gasteiger partial charge in [0, 0.05) is 11.1 Å². The van der Waals surface area contributed by atoms with E-state index < -0.39 is 20.0 Å². The molecule has 27 heavy (non-hydrogen) atoms. The third kappa shape index (κ3) is 3.17. The summed E-state index contributed by atoms with van der Waals surface area (Å²) in [6, 6.07) is 12.9. The van der Waals surface area contributed by atoms with Gasteiger partial charge in [-0.1, -0.05) is 35.9 Å². The monoisotopic (exact) mass is 398 g/mol. The van der Waals surface area contributed by atoms with Gasteiger partial charge >= 0.3 is 0 Å². The maximum atomic E-state index is 12.5. The molecule has 0 atom stereocenters. The van der Waals surface area contributed by atoms with Gasteiger partial charge < -0.3 is 0 Å². The van der Waals surface area contributed by atoms with Gasteiger partial charge in [-0.15, -0.1) is 0 Å². The Morgan fingerprint density at radius 1 is 0.963 bits per heavy atom. The Bertz CT molecular complexity index is 1280. The van der Waals surface area contributed by atoms with Crippen LogP contribution in [0.1, 0.15) is 11.1 Å². The van der Waals surface area contributed by atoms with Crippen LogP contribution in [0.25, 0.3) is 5.57 Å². The summed E-state index contributed by atoms with van der Waals surface area (Å²) in [5.74, 6) is 0. The average Bonchev–Trinajstić information content (AvgIpc) is 2.62. The van der Waals surface area contributed by atoms with E-state index in [9.17, 15) is 16.8 Å². The number of aryl methyl sites for hydroxylation is 1.